The molecule has 0 saturated carbocycles. The summed E-state index contributed by atoms with van der Waals surface area (Å²) in [5.74, 6) is 1.64. The number of hydrogen-bond donors (Lipinski definition) is 0. The lowest BCUT2D eigenvalue weighted by Crippen LogP contribution is -1.88. The van der Waals surface area contributed by atoms with E-state index in [2.05, 4.69) is 9.97 Å². The molecule has 1 aromatic heterocycles. The first kappa shape index (κ1) is 13.2. The predicted octanol–water partition coefficient (Wildman–Crippen LogP) is 3.49. The predicted molar refractivity (Wildman–Crippen MR) is 70.1 cm³/mol. The summed E-state index contributed by atoms with van der Waals surface area (Å²) in [5.41, 5.74) is 2.11. The number of benzene rings is 1. The molecule has 0 amide bonds. The molecule has 2 aromatic rings. The normalized spacial score (nSPS) is 9.18. The molecule has 0 aliphatic rings. The van der Waals surface area contributed by atoms with Crippen molar-refractivity contribution in [2.45, 2.75) is 20.8 Å². The average molecular weight is 230 g/mol. The van der Waals surface area contributed by atoms with Gasteiger partial charge < -0.3 is 4.74 Å². The minimum Gasteiger partial charge on any atom is -0.497 e. The van der Waals surface area contributed by atoms with Crippen LogP contribution in [0.5, 0.6) is 5.75 Å². The molecule has 2 rings (SSSR count). The van der Waals surface area contributed by atoms with E-state index in [0.29, 0.717) is 0 Å². The zero-order valence-corrected chi connectivity index (χ0v) is 10.8. The molecule has 0 aliphatic carbocycles. The second kappa shape index (κ2) is 6.63. The molecule has 3 nitrogen and oxygen atoms in total. The first-order valence-corrected chi connectivity index (χ1v) is 5.72. The Morgan fingerprint density at radius 1 is 0.882 bits per heavy atom. The Morgan fingerprint density at radius 3 is 1.88 bits per heavy atom. The first-order chi connectivity index (χ1) is 8.29. The van der Waals surface area contributed by atoms with Gasteiger partial charge in [-0.2, -0.15) is 0 Å². The topological polar surface area (TPSA) is 35.0 Å². The van der Waals surface area contributed by atoms with Gasteiger partial charge in [0.2, 0.25) is 0 Å². The molecule has 0 bridgehead atoms. The average Bonchev–Trinajstić information content (AvgIpc) is 2.42. The number of rotatable bonds is 2. The number of methoxy groups -OCH3 is 1. The molecule has 3 heteroatoms. The zero-order valence-electron chi connectivity index (χ0n) is 10.8. The number of nitrogens with zero attached hydrogens (tertiary/aromatic N) is 2. The van der Waals surface area contributed by atoms with Crippen LogP contribution in [-0.2, 0) is 0 Å². The lowest BCUT2D eigenvalue weighted by molar-refractivity contribution is 0.415. The van der Waals surface area contributed by atoms with Crippen LogP contribution in [0.3, 0.4) is 0 Å². The first-order valence-electron chi connectivity index (χ1n) is 5.72. The summed E-state index contributed by atoms with van der Waals surface area (Å²) in [6, 6.07) is 7.84. The number of aromatic nitrogens is 2. The molecule has 90 valence electrons. The van der Waals surface area contributed by atoms with E-state index in [1.54, 1.807) is 7.11 Å². The Bertz CT molecular complexity index is 435. The van der Waals surface area contributed by atoms with E-state index in [1.807, 2.05) is 57.4 Å². The van der Waals surface area contributed by atoms with Crippen molar-refractivity contribution in [3.05, 3.63) is 42.5 Å². The second-order valence-corrected chi connectivity index (χ2v) is 3.25. The van der Waals surface area contributed by atoms with Crippen LogP contribution in [0.2, 0.25) is 0 Å². The van der Waals surface area contributed by atoms with E-state index in [-0.39, 0.29) is 0 Å². The van der Waals surface area contributed by atoms with Crippen molar-refractivity contribution in [1.82, 2.24) is 9.97 Å². The quantitative estimate of drug-likeness (QED) is 0.792. The van der Waals surface area contributed by atoms with Crippen LogP contribution in [0, 0.1) is 6.92 Å². The Hall–Kier alpha value is -1.90. The fraction of sp³-hybridized carbons (Fsp3) is 0.286. The molecular formula is C14H18N2O. The summed E-state index contributed by atoms with van der Waals surface area (Å²) in [6.07, 6.45) is 3.65. The number of aryl methyl sites for hydroxylation is 1. The smallest absolute Gasteiger partial charge is 0.125 e. The van der Waals surface area contributed by atoms with Crippen LogP contribution in [0.4, 0.5) is 0 Å². The Kier molecular flexibility index (Phi) is 5.14. The third kappa shape index (κ3) is 3.55. The molecule has 1 aromatic carbocycles. The summed E-state index contributed by atoms with van der Waals surface area (Å²) in [4.78, 5) is 8.31. The molecule has 0 atom stereocenters. The Labute approximate surface area is 103 Å². The molecule has 0 fully saturated rings. The molecular weight excluding hydrogens is 212 g/mol. The monoisotopic (exact) mass is 230 g/mol. The van der Waals surface area contributed by atoms with E-state index in [4.69, 9.17) is 4.74 Å². The zero-order chi connectivity index (χ0) is 12.7. The van der Waals surface area contributed by atoms with Crippen LogP contribution in [0.1, 0.15) is 19.7 Å². The van der Waals surface area contributed by atoms with Gasteiger partial charge in [-0.25, -0.2) is 9.97 Å². The van der Waals surface area contributed by atoms with Gasteiger partial charge >= 0.3 is 0 Å². The molecule has 17 heavy (non-hydrogen) atoms. The fourth-order valence-electron chi connectivity index (χ4n) is 1.33. The van der Waals surface area contributed by atoms with Gasteiger partial charge in [-0.05, 0) is 24.6 Å². The van der Waals surface area contributed by atoms with Gasteiger partial charge in [-0.1, -0.05) is 26.0 Å². The highest BCUT2D eigenvalue weighted by Gasteiger charge is 1.98. The SMILES string of the molecule is CC.COc1ccc(-c2cnc(C)nc2)cc1. The molecule has 0 spiro atoms. The summed E-state index contributed by atoms with van der Waals surface area (Å²) in [5, 5.41) is 0. The third-order valence-corrected chi connectivity index (χ3v) is 2.20. The van der Waals surface area contributed by atoms with E-state index < -0.39 is 0 Å². The summed E-state index contributed by atoms with van der Waals surface area (Å²) in [7, 11) is 1.66. The van der Waals surface area contributed by atoms with Gasteiger partial charge in [-0.15, -0.1) is 0 Å². The van der Waals surface area contributed by atoms with Crippen LogP contribution in [-0.4, -0.2) is 17.1 Å². The maximum Gasteiger partial charge on any atom is 0.125 e. The molecule has 0 unspecified atom stereocenters. The summed E-state index contributed by atoms with van der Waals surface area (Å²) < 4.78 is 5.09. The molecule has 0 aliphatic heterocycles. The highest BCUT2D eigenvalue weighted by molar-refractivity contribution is 5.62. The fourth-order valence-corrected chi connectivity index (χ4v) is 1.33. The highest BCUT2D eigenvalue weighted by Crippen LogP contribution is 2.20. The van der Waals surface area contributed by atoms with Gasteiger partial charge in [0, 0.05) is 18.0 Å². The van der Waals surface area contributed by atoms with Gasteiger partial charge in [0.1, 0.15) is 11.6 Å². The maximum absolute atomic E-state index is 5.09. The van der Waals surface area contributed by atoms with Crippen molar-refractivity contribution in [2.75, 3.05) is 7.11 Å². The van der Waals surface area contributed by atoms with Gasteiger partial charge in [0.05, 0.1) is 7.11 Å². The third-order valence-electron chi connectivity index (χ3n) is 2.20. The molecule has 0 N–H and O–H groups in total. The van der Waals surface area contributed by atoms with E-state index >= 15 is 0 Å². The van der Waals surface area contributed by atoms with Crippen molar-refractivity contribution < 1.29 is 4.74 Å². The van der Waals surface area contributed by atoms with Crippen LogP contribution in [0.15, 0.2) is 36.7 Å². The standard InChI is InChI=1S/C12H12N2O.C2H6/c1-9-13-7-11(8-14-9)10-3-5-12(15-2)6-4-10;1-2/h3-8H,1-2H3;1-2H3. The van der Waals surface area contributed by atoms with Crippen molar-refractivity contribution in [3.8, 4) is 16.9 Å². The highest BCUT2D eigenvalue weighted by atomic mass is 16.5. The van der Waals surface area contributed by atoms with E-state index in [0.717, 1.165) is 22.7 Å². The Morgan fingerprint density at radius 2 is 1.41 bits per heavy atom. The molecule has 0 saturated heterocycles. The summed E-state index contributed by atoms with van der Waals surface area (Å²) >= 11 is 0. The van der Waals surface area contributed by atoms with Gasteiger partial charge in [0.25, 0.3) is 0 Å². The van der Waals surface area contributed by atoms with Crippen molar-refractivity contribution in [1.29, 1.82) is 0 Å². The maximum atomic E-state index is 5.09. The minimum atomic E-state index is 0.785. The number of ether oxygens (including phenoxy) is 1. The largest absolute Gasteiger partial charge is 0.497 e. The van der Waals surface area contributed by atoms with E-state index in [1.165, 1.54) is 0 Å². The molecule has 1 heterocycles. The van der Waals surface area contributed by atoms with E-state index in [9.17, 15) is 0 Å². The Balaban J connectivity index is 0.000000686. The number of hydrogen-bond acceptors (Lipinski definition) is 3. The lowest BCUT2D eigenvalue weighted by Gasteiger charge is -2.02. The minimum absolute atomic E-state index is 0.785. The van der Waals surface area contributed by atoms with Crippen molar-refractivity contribution in [3.63, 3.8) is 0 Å². The lowest BCUT2D eigenvalue weighted by atomic mass is 10.1. The van der Waals surface area contributed by atoms with Gasteiger partial charge in [-0.3, -0.25) is 0 Å². The molecule has 0 radical (unpaired) electrons. The van der Waals surface area contributed by atoms with Crippen molar-refractivity contribution >= 4 is 0 Å². The second-order valence-electron chi connectivity index (χ2n) is 3.25. The summed E-state index contributed by atoms with van der Waals surface area (Å²) in [6.45, 7) is 5.87. The van der Waals surface area contributed by atoms with Crippen LogP contribution >= 0.6 is 0 Å². The van der Waals surface area contributed by atoms with Crippen LogP contribution < -0.4 is 4.74 Å². The van der Waals surface area contributed by atoms with Gasteiger partial charge in [0.15, 0.2) is 0 Å². The van der Waals surface area contributed by atoms with Crippen LogP contribution in [0.25, 0.3) is 11.1 Å². The van der Waals surface area contributed by atoms with Crippen molar-refractivity contribution in [2.24, 2.45) is 0 Å².